The second-order valence-corrected chi connectivity index (χ2v) is 9.24. The third-order valence-corrected chi connectivity index (χ3v) is 7.06. The molecule has 180 valence electrons. The smallest absolute Gasteiger partial charge is 0.407 e. The molecule has 0 radical (unpaired) electrons. The van der Waals surface area contributed by atoms with Gasteiger partial charge in [0.15, 0.2) is 0 Å². The predicted molar refractivity (Wildman–Crippen MR) is 128 cm³/mol. The zero-order valence-corrected chi connectivity index (χ0v) is 19.5. The van der Waals surface area contributed by atoms with Crippen LogP contribution in [0.15, 0.2) is 48.5 Å². The number of fused-ring (bicyclic) bond motifs is 3. The van der Waals surface area contributed by atoms with E-state index in [9.17, 15) is 19.5 Å². The molecule has 4 rings (SSSR count). The van der Waals surface area contributed by atoms with Gasteiger partial charge in [0.05, 0.1) is 5.92 Å². The van der Waals surface area contributed by atoms with Gasteiger partial charge in [0.2, 0.25) is 5.91 Å². The Hall–Kier alpha value is -3.35. The molecule has 3 atom stereocenters. The highest BCUT2D eigenvalue weighted by atomic mass is 16.5. The number of aliphatic carboxylic acids is 1. The first kappa shape index (κ1) is 23.8. The van der Waals surface area contributed by atoms with E-state index < -0.39 is 18.1 Å². The Balaban J connectivity index is 1.29. The summed E-state index contributed by atoms with van der Waals surface area (Å²) in [6.45, 7) is 2.44. The van der Waals surface area contributed by atoms with Gasteiger partial charge in [-0.25, -0.2) is 4.79 Å². The number of carbonyl (C=O) groups is 3. The molecule has 0 aliphatic heterocycles. The molecule has 2 unspecified atom stereocenters. The van der Waals surface area contributed by atoms with Gasteiger partial charge >= 0.3 is 12.1 Å². The Labute approximate surface area is 199 Å². The van der Waals surface area contributed by atoms with Gasteiger partial charge < -0.3 is 20.5 Å². The highest BCUT2D eigenvalue weighted by molar-refractivity contribution is 5.85. The van der Waals surface area contributed by atoms with Gasteiger partial charge in [-0.15, -0.1) is 0 Å². The summed E-state index contributed by atoms with van der Waals surface area (Å²) in [6.07, 6.45) is 2.84. The third-order valence-electron chi connectivity index (χ3n) is 7.06. The molecule has 1 saturated carbocycles. The lowest BCUT2D eigenvalue weighted by Gasteiger charge is -2.27. The van der Waals surface area contributed by atoms with Crippen LogP contribution < -0.4 is 10.6 Å². The van der Waals surface area contributed by atoms with Crippen molar-refractivity contribution in [1.29, 1.82) is 0 Å². The Morgan fingerprint density at radius 1 is 1.03 bits per heavy atom. The van der Waals surface area contributed by atoms with E-state index in [4.69, 9.17) is 4.74 Å². The number of carboxylic acid groups (broad SMARTS) is 1. The number of carboxylic acids is 1. The van der Waals surface area contributed by atoms with Crippen LogP contribution in [0, 0.1) is 11.8 Å². The first-order valence-electron chi connectivity index (χ1n) is 12.1. The Morgan fingerprint density at radius 2 is 1.68 bits per heavy atom. The molecule has 2 aliphatic rings. The molecule has 7 heteroatoms. The molecule has 0 heterocycles. The van der Waals surface area contributed by atoms with Crippen LogP contribution >= 0.6 is 0 Å². The maximum absolute atomic E-state index is 12.7. The van der Waals surface area contributed by atoms with Gasteiger partial charge in [-0.2, -0.15) is 0 Å². The van der Waals surface area contributed by atoms with Crippen LogP contribution in [0.5, 0.6) is 0 Å². The maximum atomic E-state index is 12.7. The summed E-state index contributed by atoms with van der Waals surface area (Å²) in [6, 6.07) is 15.6. The van der Waals surface area contributed by atoms with Crippen molar-refractivity contribution in [3.05, 3.63) is 59.7 Å². The average molecular weight is 465 g/mol. The van der Waals surface area contributed by atoms with E-state index in [1.807, 2.05) is 31.2 Å². The fraction of sp³-hybridized carbons (Fsp3) is 0.444. The van der Waals surface area contributed by atoms with Crippen LogP contribution in [0.4, 0.5) is 4.79 Å². The Kier molecular flexibility index (Phi) is 7.50. The number of hydrogen-bond acceptors (Lipinski definition) is 4. The molecule has 7 nitrogen and oxygen atoms in total. The molecule has 0 saturated heterocycles. The van der Waals surface area contributed by atoms with Gasteiger partial charge in [0.1, 0.15) is 12.6 Å². The normalized spacial score (nSPS) is 20.0. The van der Waals surface area contributed by atoms with E-state index in [1.54, 1.807) is 0 Å². The lowest BCUT2D eigenvalue weighted by Crippen LogP contribution is -2.48. The lowest BCUT2D eigenvalue weighted by atomic mass is 9.81. The number of amides is 2. The largest absolute Gasteiger partial charge is 0.481 e. The number of nitrogens with one attached hydrogen (secondary N) is 2. The zero-order valence-electron chi connectivity index (χ0n) is 19.5. The quantitative estimate of drug-likeness (QED) is 0.540. The summed E-state index contributed by atoms with van der Waals surface area (Å²) in [4.78, 5) is 36.5. The van der Waals surface area contributed by atoms with E-state index in [-0.39, 0.29) is 30.3 Å². The van der Waals surface area contributed by atoms with Gasteiger partial charge in [0, 0.05) is 12.5 Å². The van der Waals surface area contributed by atoms with E-state index in [0.29, 0.717) is 25.8 Å². The van der Waals surface area contributed by atoms with Crippen molar-refractivity contribution >= 4 is 18.0 Å². The van der Waals surface area contributed by atoms with Crippen LogP contribution in [0.3, 0.4) is 0 Å². The fourth-order valence-corrected chi connectivity index (χ4v) is 5.20. The van der Waals surface area contributed by atoms with E-state index >= 15 is 0 Å². The molecule has 0 aromatic heterocycles. The first-order chi connectivity index (χ1) is 16.5. The van der Waals surface area contributed by atoms with Crippen LogP contribution in [-0.2, 0) is 14.3 Å². The molecule has 0 bridgehead atoms. The number of carbonyl (C=O) groups excluding carboxylic acids is 2. The minimum atomic E-state index is -0.764. The summed E-state index contributed by atoms with van der Waals surface area (Å²) in [5, 5.41) is 14.8. The molecule has 1 fully saturated rings. The van der Waals surface area contributed by atoms with Gasteiger partial charge in [0.25, 0.3) is 0 Å². The first-order valence-corrected chi connectivity index (χ1v) is 12.1. The molecule has 2 aromatic carbocycles. The summed E-state index contributed by atoms with van der Waals surface area (Å²) in [5.41, 5.74) is 4.58. The molecule has 2 amide bonds. The van der Waals surface area contributed by atoms with Crippen LogP contribution in [0.25, 0.3) is 11.1 Å². The lowest BCUT2D eigenvalue weighted by molar-refractivity contribution is -0.143. The number of hydrogen-bond donors (Lipinski definition) is 3. The minimum Gasteiger partial charge on any atom is -0.481 e. The van der Waals surface area contributed by atoms with Crippen molar-refractivity contribution in [2.24, 2.45) is 11.8 Å². The fourth-order valence-electron chi connectivity index (χ4n) is 5.20. The zero-order chi connectivity index (χ0) is 24.1. The Morgan fingerprint density at radius 3 is 2.29 bits per heavy atom. The van der Waals surface area contributed by atoms with E-state index in [2.05, 4.69) is 34.9 Å². The van der Waals surface area contributed by atoms with Crippen molar-refractivity contribution < 1.29 is 24.2 Å². The number of ether oxygens (including phenoxy) is 1. The highest BCUT2D eigenvalue weighted by Crippen LogP contribution is 2.44. The summed E-state index contributed by atoms with van der Waals surface area (Å²) in [7, 11) is 0. The molecular weight excluding hydrogens is 432 g/mol. The summed E-state index contributed by atoms with van der Waals surface area (Å²) < 4.78 is 5.56. The second-order valence-electron chi connectivity index (χ2n) is 9.24. The molecule has 3 N–H and O–H groups in total. The van der Waals surface area contributed by atoms with Crippen LogP contribution in [0.1, 0.15) is 56.1 Å². The molecule has 2 aromatic rings. The average Bonchev–Trinajstić information content (AvgIpc) is 3.18. The molecule has 2 aliphatic carbocycles. The van der Waals surface area contributed by atoms with Crippen LogP contribution in [-0.4, -0.2) is 42.3 Å². The van der Waals surface area contributed by atoms with Crippen LogP contribution in [0.2, 0.25) is 0 Å². The van der Waals surface area contributed by atoms with Gasteiger partial charge in [-0.05, 0) is 53.9 Å². The topological polar surface area (TPSA) is 105 Å². The SMILES string of the molecule is CC[C@H](NC(=O)OCC1c2ccccc2-c2ccccc21)C(=O)NCC1CCCC(C(=O)O)C1. The predicted octanol–water partition coefficient (Wildman–Crippen LogP) is 4.31. The van der Waals surface area contributed by atoms with Gasteiger partial charge in [-0.1, -0.05) is 61.9 Å². The van der Waals surface area contributed by atoms with Crippen molar-refractivity contribution in [2.75, 3.05) is 13.2 Å². The van der Waals surface area contributed by atoms with Crippen molar-refractivity contribution in [1.82, 2.24) is 10.6 Å². The summed E-state index contributed by atoms with van der Waals surface area (Å²) in [5.74, 6) is -1.27. The molecule has 0 spiro atoms. The van der Waals surface area contributed by atoms with Crippen molar-refractivity contribution in [3.8, 4) is 11.1 Å². The number of rotatable bonds is 8. The summed E-state index contributed by atoms with van der Waals surface area (Å²) >= 11 is 0. The number of benzene rings is 2. The van der Waals surface area contributed by atoms with Crippen molar-refractivity contribution in [2.45, 2.75) is 51.0 Å². The monoisotopic (exact) mass is 464 g/mol. The minimum absolute atomic E-state index is 0.0412. The number of alkyl carbamates (subject to hydrolysis) is 1. The Bertz CT molecular complexity index is 1010. The second kappa shape index (κ2) is 10.7. The molecule has 34 heavy (non-hydrogen) atoms. The third kappa shape index (κ3) is 5.24. The van der Waals surface area contributed by atoms with Crippen molar-refractivity contribution in [3.63, 3.8) is 0 Å². The standard InChI is InChI=1S/C27H32N2O5/c1-2-24(25(30)28-15-17-8-7-9-18(14-17)26(31)32)29-27(33)34-16-23-21-12-5-3-10-19(21)20-11-4-6-13-22(20)23/h3-6,10-13,17-18,23-24H,2,7-9,14-16H2,1H3,(H,28,30)(H,29,33)(H,31,32)/t17?,18?,24-/m0/s1. The highest BCUT2D eigenvalue weighted by Gasteiger charge is 2.30. The maximum Gasteiger partial charge on any atom is 0.407 e. The van der Waals surface area contributed by atoms with E-state index in [0.717, 1.165) is 35.1 Å². The molecular formula is C27H32N2O5. The van der Waals surface area contributed by atoms with Gasteiger partial charge in [-0.3, -0.25) is 9.59 Å². The van der Waals surface area contributed by atoms with E-state index in [1.165, 1.54) is 0 Å².